The van der Waals surface area contributed by atoms with Crippen molar-refractivity contribution in [1.29, 1.82) is 0 Å². The van der Waals surface area contributed by atoms with E-state index in [1.165, 1.54) is 11.1 Å². The quantitative estimate of drug-likeness (QED) is 0.302. The second-order valence-electron chi connectivity index (χ2n) is 6.03. The number of aliphatic imine (C=N–C) groups is 1. The summed E-state index contributed by atoms with van der Waals surface area (Å²) in [5.74, 6) is 0.881. The van der Waals surface area contributed by atoms with E-state index in [4.69, 9.17) is 9.47 Å². The normalized spacial score (nSPS) is 17.5. The smallest absolute Gasteiger partial charge is 0.193 e. The molecule has 0 aromatic heterocycles. The van der Waals surface area contributed by atoms with Crippen molar-refractivity contribution in [3.8, 4) is 0 Å². The van der Waals surface area contributed by atoms with Gasteiger partial charge in [0, 0.05) is 33.8 Å². The zero-order chi connectivity index (χ0) is 16.5. The first-order valence-electron chi connectivity index (χ1n) is 8.35. The summed E-state index contributed by atoms with van der Waals surface area (Å²) in [6.07, 6.45) is 2.57. The molecule has 0 amide bonds. The van der Waals surface area contributed by atoms with E-state index >= 15 is 0 Å². The molecule has 0 saturated carbocycles. The summed E-state index contributed by atoms with van der Waals surface area (Å²) in [5.41, 5.74) is 2.55. The number of guanidine groups is 1. The van der Waals surface area contributed by atoms with Crippen molar-refractivity contribution in [3.05, 3.63) is 35.4 Å². The van der Waals surface area contributed by atoms with E-state index in [0.717, 1.165) is 38.5 Å². The van der Waals surface area contributed by atoms with Crippen molar-refractivity contribution in [2.45, 2.75) is 32.4 Å². The standard InChI is InChI=1S/C18H29N3O2.HI/c1-15-6-8-16(9-7-15)13-21(3)18(19-2)20-10-12-22-14-17-5-4-11-23-17;/h6-9,17H,4-5,10-14H2,1-3H3,(H,19,20);1H. The minimum absolute atomic E-state index is 0. The molecule has 2 rings (SSSR count). The molecular formula is C18H30IN3O2. The van der Waals surface area contributed by atoms with Gasteiger partial charge in [0.15, 0.2) is 5.96 Å². The summed E-state index contributed by atoms with van der Waals surface area (Å²) in [6, 6.07) is 8.59. The molecule has 1 aliphatic rings. The van der Waals surface area contributed by atoms with E-state index in [1.54, 1.807) is 7.05 Å². The lowest BCUT2D eigenvalue weighted by Gasteiger charge is -2.22. The van der Waals surface area contributed by atoms with Crippen LogP contribution in [0.15, 0.2) is 29.3 Å². The predicted molar refractivity (Wildman–Crippen MR) is 109 cm³/mol. The Hall–Kier alpha value is -0.860. The third-order valence-electron chi connectivity index (χ3n) is 3.97. The number of nitrogens with one attached hydrogen (secondary N) is 1. The SMILES string of the molecule is CN=C(NCCOCC1CCCO1)N(C)Cc1ccc(C)cc1.I. The number of nitrogens with zero attached hydrogens (tertiary/aromatic N) is 2. The van der Waals surface area contributed by atoms with E-state index in [9.17, 15) is 0 Å². The molecule has 0 spiro atoms. The minimum Gasteiger partial charge on any atom is -0.377 e. The van der Waals surface area contributed by atoms with Gasteiger partial charge in [-0.2, -0.15) is 0 Å². The van der Waals surface area contributed by atoms with Crippen LogP contribution in [0.1, 0.15) is 24.0 Å². The van der Waals surface area contributed by atoms with Gasteiger partial charge in [0.1, 0.15) is 0 Å². The van der Waals surface area contributed by atoms with Gasteiger partial charge in [0.2, 0.25) is 0 Å². The molecule has 1 saturated heterocycles. The molecule has 5 nitrogen and oxygen atoms in total. The first-order chi connectivity index (χ1) is 11.2. The molecule has 1 N–H and O–H groups in total. The van der Waals surface area contributed by atoms with Crippen LogP contribution in [0, 0.1) is 6.92 Å². The highest BCUT2D eigenvalue weighted by molar-refractivity contribution is 14.0. The molecule has 0 aliphatic carbocycles. The van der Waals surface area contributed by atoms with Crippen LogP contribution in [-0.4, -0.2) is 57.4 Å². The molecule has 136 valence electrons. The fourth-order valence-electron chi connectivity index (χ4n) is 2.65. The summed E-state index contributed by atoms with van der Waals surface area (Å²) in [7, 11) is 3.85. The van der Waals surface area contributed by atoms with Crippen molar-refractivity contribution in [2.24, 2.45) is 4.99 Å². The number of halogens is 1. The lowest BCUT2D eigenvalue weighted by Crippen LogP contribution is -2.40. The lowest BCUT2D eigenvalue weighted by atomic mass is 10.1. The first-order valence-corrected chi connectivity index (χ1v) is 8.35. The van der Waals surface area contributed by atoms with Crippen molar-refractivity contribution in [1.82, 2.24) is 10.2 Å². The number of ether oxygens (including phenoxy) is 2. The number of aryl methyl sites for hydroxylation is 1. The second-order valence-corrected chi connectivity index (χ2v) is 6.03. The second kappa shape index (κ2) is 11.7. The maximum Gasteiger partial charge on any atom is 0.193 e. The van der Waals surface area contributed by atoms with E-state index in [2.05, 4.69) is 46.4 Å². The van der Waals surface area contributed by atoms with Crippen LogP contribution in [0.5, 0.6) is 0 Å². The van der Waals surface area contributed by atoms with Crippen molar-refractivity contribution in [2.75, 3.05) is 40.5 Å². The largest absolute Gasteiger partial charge is 0.377 e. The Morgan fingerprint density at radius 1 is 1.38 bits per heavy atom. The van der Waals surface area contributed by atoms with E-state index in [1.807, 2.05) is 7.05 Å². The third-order valence-corrected chi connectivity index (χ3v) is 3.97. The average Bonchev–Trinajstić information content (AvgIpc) is 3.06. The van der Waals surface area contributed by atoms with Gasteiger partial charge in [-0.25, -0.2) is 0 Å². The summed E-state index contributed by atoms with van der Waals surface area (Å²) in [4.78, 5) is 6.44. The zero-order valence-electron chi connectivity index (χ0n) is 15.0. The minimum atomic E-state index is 0. The van der Waals surface area contributed by atoms with Gasteiger partial charge in [-0.3, -0.25) is 4.99 Å². The van der Waals surface area contributed by atoms with Crippen molar-refractivity contribution >= 4 is 29.9 Å². The van der Waals surface area contributed by atoms with Crippen LogP contribution < -0.4 is 5.32 Å². The van der Waals surface area contributed by atoms with Crippen molar-refractivity contribution < 1.29 is 9.47 Å². The van der Waals surface area contributed by atoms with Gasteiger partial charge >= 0.3 is 0 Å². The molecule has 0 bridgehead atoms. The molecule has 24 heavy (non-hydrogen) atoms. The van der Waals surface area contributed by atoms with Crippen LogP contribution in [0.3, 0.4) is 0 Å². The van der Waals surface area contributed by atoms with E-state index in [-0.39, 0.29) is 24.0 Å². The van der Waals surface area contributed by atoms with Gasteiger partial charge in [-0.15, -0.1) is 24.0 Å². The summed E-state index contributed by atoms with van der Waals surface area (Å²) in [5, 5.41) is 3.34. The average molecular weight is 447 g/mol. The predicted octanol–water partition coefficient (Wildman–Crippen LogP) is 2.82. The molecule has 6 heteroatoms. The van der Waals surface area contributed by atoms with Gasteiger partial charge in [-0.05, 0) is 25.3 Å². The van der Waals surface area contributed by atoms with Crippen LogP contribution in [-0.2, 0) is 16.0 Å². The van der Waals surface area contributed by atoms with E-state index < -0.39 is 0 Å². The molecular weight excluding hydrogens is 417 g/mol. The number of hydrogen-bond acceptors (Lipinski definition) is 3. The molecule has 1 aliphatic heterocycles. The van der Waals surface area contributed by atoms with Crippen LogP contribution in [0.25, 0.3) is 0 Å². The Balaban J connectivity index is 0.00000288. The van der Waals surface area contributed by atoms with Gasteiger partial charge in [-0.1, -0.05) is 29.8 Å². The molecule has 1 unspecified atom stereocenters. The van der Waals surface area contributed by atoms with Crippen LogP contribution >= 0.6 is 24.0 Å². The van der Waals surface area contributed by atoms with Gasteiger partial charge in [0.25, 0.3) is 0 Å². The fourth-order valence-corrected chi connectivity index (χ4v) is 2.65. The molecule has 0 radical (unpaired) electrons. The zero-order valence-corrected chi connectivity index (χ0v) is 17.3. The Bertz CT molecular complexity index is 488. The maximum atomic E-state index is 5.66. The number of benzene rings is 1. The third kappa shape index (κ3) is 7.36. The highest BCUT2D eigenvalue weighted by Gasteiger charge is 2.15. The Morgan fingerprint density at radius 3 is 2.75 bits per heavy atom. The van der Waals surface area contributed by atoms with Crippen molar-refractivity contribution in [3.63, 3.8) is 0 Å². The number of rotatable bonds is 7. The maximum absolute atomic E-state index is 5.66. The van der Waals surface area contributed by atoms with Crippen LogP contribution in [0.2, 0.25) is 0 Å². The van der Waals surface area contributed by atoms with E-state index in [0.29, 0.717) is 19.3 Å². The molecule has 1 heterocycles. The molecule has 1 atom stereocenters. The highest BCUT2D eigenvalue weighted by Crippen LogP contribution is 2.11. The monoisotopic (exact) mass is 447 g/mol. The molecule has 1 aromatic rings. The molecule has 1 fully saturated rings. The fraction of sp³-hybridized carbons (Fsp3) is 0.611. The summed E-state index contributed by atoms with van der Waals surface area (Å²) >= 11 is 0. The topological polar surface area (TPSA) is 46.1 Å². The van der Waals surface area contributed by atoms with Gasteiger partial charge < -0.3 is 19.7 Å². The molecule has 1 aromatic carbocycles. The summed E-state index contributed by atoms with van der Waals surface area (Å²) in [6.45, 7) is 5.92. The first kappa shape index (κ1) is 21.2. The van der Waals surface area contributed by atoms with Gasteiger partial charge in [0.05, 0.1) is 19.3 Å². The lowest BCUT2D eigenvalue weighted by molar-refractivity contribution is 0.0190. The summed E-state index contributed by atoms with van der Waals surface area (Å²) < 4.78 is 11.2. The highest BCUT2D eigenvalue weighted by atomic mass is 127. The number of hydrogen-bond donors (Lipinski definition) is 1. The Morgan fingerprint density at radius 2 is 2.12 bits per heavy atom. The van der Waals surface area contributed by atoms with Crippen LogP contribution in [0.4, 0.5) is 0 Å². The Labute approximate surface area is 162 Å². The Kier molecular flexibility index (Phi) is 10.3.